The van der Waals surface area contributed by atoms with E-state index >= 15 is 0 Å². The first-order valence-electron chi connectivity index (χ1n) is 10.2. The first-order chi connectivity index (χ1) is 14.5. The lowest BCUT2D eigenvalue weighted by Crippen LogP contribution is -2.47. The summed E-state index contributed by atoms with van der Waals surface area (Å²) < 4.78 is 3.45. The molecule has 0 N–H and O–H groups in total. The highest BCUT2D eigenvalue weighted by atomic mass is 16.1. The molecule has 0 amide bonds. The van der Waals surface area contributed by atoms with E-state index in [1.54, 1.807) is 15.4 Å². The van der Waals surface area contributed by atoms with Crippen LogP contribution in [0.4, 0.5) is 11.5 Å². The fourth-order valence-corrected chi connectivity index (χ4v) is 3.94. The van der Waals surface area contributed by atoms with Crippen molar-refractivity contribution in [3.8, 4) is 0 Å². The van der Waals surface area contributed by atoms with Crippen LogP contribution in [0.3, 0.4) is 0 Å². The van der Waals surface area contributed by atoms with Crippen molar-refractivity contribution in [3.63, 3.8) is 0 Å². The van der Waals surface area contributed by atoms with Gasteiger partial charge in [0.25, 0.3) is 5.56 Å². The van der Waals surface area contributed by atoms with E-state index in [2.05, 4.69) is 30.1 Å². The van der Waals surface area contributed by atoms with E-state index < -0.39 is 0 Å². The molecular weight excluding hydrogens is 380 g/mol. The largest absolute Gasteiger partial charge is 0.368 e. The minimum absolute atomic E-state index is 0.0112. The third-order valence-electron chi connectivity index (χ3n) is 5.70. The van der Waals surface area contributed by atoms with E-state index in [1.165, 1.54) is 0 Å². The molecule has 1 aliphatic rings. The normalized spacial score (nSPS) is 14.9. The third-order valence-corrected chi connectivity index (χ3v) is 5.70. The van der Waals surface area contributed by atoms with Gasteiger partial charge in [0, 0.05) is 37.9 Å². The molecule has 9 nitrogen and oxygen atoms in total. The summed E-state index contributed by atoms with van der Waals surface area (Å²) in [5.74, 6) is 1.71. The minimum Gasteiger partial charge on any atom is -0.368 e. The highest BCUT2D eigenvalue weighted by Crippen LogP contribution is 2.22. The van der Waals surface area contributed by atoms with Crippen LogP contribution in [0.1, 0.15) is 25.7 Å². The van der Waals surface area contributed by atoms with Gasteiger partial charge in [0.2, 0.25) is 0 Å². The summed E-state index contributed by atoms with van der Waals surface area (Å²) in [6.45, 7) is 9.34. The molecule has 0 bridgehead atoms. The van der Waals surface area contributed by atoms with E-state index in [-0.39, 0.29) is 11.6 Å². The Morgan fingerprint density at radius 2 is 1.73 bits per heavy atom. The molecule has 1 aliphatic heterocycles. The molecule has 5 rings (SSSR count). The molecule has 0 radical (unpaired) electrons. The fraction of sp³-hybridized carbons (Fsp3) is 0.381. The molecule has 1 saturated heterocycles. The first kappa shape index (κ1) is 18.5. The minimum atomic E-state index is 0.0112. The van der Waals surface area contributed by atoms with Crippen LogP contribution in [0, 0.1) is 6.92 Å². The monoisotopic (exact) mass is 404 g/mol. The van der Waals surface area contributed by atoms with Gasteiger partial charge >= 0.3 is 0 Å². The predicted molar refractivity (Wildman–Crippen MR) is 116 cm³/mol. The van der Waals surface area contributed by atoms with Gasteiger partial charge in [0.1, 0.15) is 5.82 Å². The molecule has 1 fully saturated rings. The van der Waals surface area contributed by atoms with Gasteiger partial charge in [-0.25, -0.2) is 4.98 Å². The van der Waals surface area contributed by atoms with Gasteiger partial charge in [-0.15, -0.1) is 15.3 Å². The Morgan fingerprint density at radius 1 is 0.967 bits per heavy atom. The molecule has 1 aromatic carbocycles. The van der Waals surface area contributed by atoms with E-state index in [1.807, 2.05) is 51.1 Å². The van der Waals surface area contributed by atoms with Crippen molar-refractivity contribution in [1.29, 1.82) is 0 Å². The summed E-state index contributed by atoms with van der Waals surface area (Å²) in [6.07, 6.45) is 1.64. The van der Waals surface area contributed by atoms with Crippen LogP contribution in [-0.2, 0) is 0 Å². The Balaban J connectivity index is 1.35. The molecule has 0 spiro atoms. The van der Waals surface area contributed by atoms with Crippen LogP contribution in [0.2, 0.25) is 0 Å². The van der Waals surface area contributed by atoms with Gasteiger partial charge in [0.05, 0.1) is 17.2 Å². The zero-order valence-electron chi connectivity index (χ0n) is 17.4. The molecule has 0 aliphatic carbocycles. The van der Waals surface area contributed by atoms with Gasteiger partial charge in [-0.3, -0.25) is 9.36 Å². The number of aryl methyl sites for hydroxylation is 1. The van der Waals surface area contributed by atoms with E-state index in [0.717, 1.165) is 54.7 Å². The predicted octanol–water partition coefficient (Wildman–Crippen LogP) is 2.05. The van der Waals surface area contributed by atoms with E-state index in [9.17, 15) is 4.79 Å². The smallest absolute Gasteiger partial charge is 0.261 e. The molecule has 0 atom stereocenters. The summed E-state index contributed by atoms with van der Waals surface area (Å²) in [4.78, 5) is 21.8. The molecule has 0 saturated carbocycles. The summed E-state index contributed by atoms with van der Waals surface area (Å²) in [7, 11) is 0. The molecule has 4 heterocycles. The van der Waals surface area contributed by atoms with E-state index in [4.69, 9.17) is 0 Å². The zero-order chi connectivity index (χ0) is 20.8. The maximum atomic E-state index is 12.6. The molecule has 0 unspecified atom stereocenters. The Bertz CT molecular complexity index is 1280. The molecule has 3 aromatic heterocycles. The Kier molecular flexibility index (Phi) is 4.38. The van der Waals surface area contributed by atoms with Gasteiger partial charge in [0.15, 0.2) is 11.5 Å². The van der Waals surface area contributed by atoms with Gasteiger partial charge in [-0.05, 0) is 51.1 Å². The van der Waals surface area contributed by atoms with Crippen LogP contribution in [0.25, 0.3) is 16.6 Å². The molecular formula is C21H24N8O. The van der Waals surface area contributed by atoms with Crippen molar-refractivity contribution in [3.05, 3.63) is 52.8 Å². The lowest BCUT2D eigenvalue weighted by Gasteiger charge is -2.36. The second-order valence-electron chi connectivity index (χ2n) is 7.94. The second-order valence-corrected chi connectivity index (χ2v) is 7.94. The number of anilines is 2. The standard InChI is InChI=1S/C21H24N8O/c1-14(2)28-13-22-18-12-16(4-5-17(18)21(28)30)26-8-10-27(11-9-26)20-7-6-19-24-23-15(3)29(19)25-20/h4-7,12-14H,8-11H2,1-3H3. The van der Waals surface area contributed by atoms with Crippen molar-refractivity contribution in [2.24, 2.45) is 0 Å². The SMILES string of the molecule is Cc1nnc2ccc(N3CCN(c4ccc5c(=O)n(C(C)C)cnc5c4)CC3)nn12. The number of aromatic nitrogens is 6. The Labute approximate surface area is 173 Å². The quantitative estimate of drug-likeness (QED) is 0.517. The van der Waals surface area contributed by atoms with E-state index in [0.29, 0.717) is 5.39 Å². The van der Waals surface area contributed by atoms with Gasteiger partial charge < -0.3 is 9.80 Å². The number of fused-ring (bicyclic) bond motifs is 2. The summed E-state index contributed by atoms with van der Waals surface area (Å²) in [5.41, 5.74) is 2.61. The topological polar surface area (TPSA) is 84.5 Å². The highest BCUT2D eigenvalue weighted by Gasteiger charge is 2.20. The van der Waals surface area contributed by atoms with Crippen LogP contribution < -0.4 is 15.4 Å². The molecule has 4 aromatic rings. The highest BCUT2D eigenvalue weighted by molar-refractivity contribution is 5.81. The summed E-state index contributed by atoms with van der Waals surface area (Å²) >= 11 is 0. The van der Waals surface area contributed by atoms with Gasteiger partial charge in [-0.2, -0.15) is 4.52 Å². The van der Waals surface area contributed by atoms with Crippen LogP contribution >= 0.6 is 0 Å². The maximum absolute atomic E-state index is 12.6. The molecule has 9 heteroatoms. The van der Waals surface area contributed by atoms with Crippen molar-refractivity contribution in [2.45, 2.75) is 26.8 Å². The molecule has 154 valence electrons. The average molecular weight is 404 g/mol. The van der Waals surface area contributed by atoms with Gasteiger partial charge in [-0.1, -0.05) is 0 Å². The number of piperazine rings is 1. The van der Waals surface area contributed by atoms with Crippen LogP contribution in [0.5, 0.6) is 0 Å². The Hall–Kier alpha value is -3.49. The van der Waals surface area contributed by atoms with Crippen molar-refractivity contribution >= 4 is 28.1 Å². The average Bonchev–Trinajstić information content (AvgIpc) is 3.14. The van der Waals surface area contributed by atoms with Crippen molar-refractivity contribution in [1.82, 2.24) is 29.4 Å². The number of benzene rings is 1. The van der Waals surface area contributed by atoms with Crippen molar-refractivity contribution in [2.75, 3.05) is 36.0 Å². The summed E-state index contributed by atoms with van der Waals surface area (Å²) in [6, 6.07) is 9.98. The Morgan fingerprint density at radius 3 is 2.50 bits per heavy atom. The number of rotatable bonds is 3. The number of hydrogen-bond donors (Lipinski definition) is 0. The lowest BCUT2D eigenvalue weighted by atomic mass is 10.2. The lowest BCUT2D eigenvalue weighted by molar-refractivity contribution is 0.573. The summed E-state index contributed by atoms with van der Waals surface area (Å²) in [5, 5.41) is 13.5. The number of nitrogens with zero attached hydrogens (tertiary/aromatic N) is 8. The van der Waals surface area contributed by atoms with Crippen LogP contribution in [-0.4, -0.2) is 55.5 Å². The fourth-order valence-electron chi connectivity index (χ4n) is 3.94. The third kappa shape index (κ3) is 3.06. The maximum Gasteiger partial charge on any atom is 0.261 e. The zero-order valence-corrected chi connectivity index (χ0v) is 17.4. The van der Waals surface area contributed by atoms with Crippen molar-refractivity contribution < 1.29 is 0 Å². The first-order valence-corrected chi connectivity index (χ1v) is 10.2. The van der Waals surface area contributed by atoms with Crippen LogP contribution in [0.15, 0.2) is 41.5 Å². The number of hydrogen-bond acceptors (Lipinski definition) is 7. The molecule has 30 heavy (non-hydrogen) atoms. The second kappa shape index (κ2) is 7.08.